The van der Waals surface area contributed by atoms with E-state index in [0.717, 1.165) is 92.0 Å². The van der Waals surface area contributed by atoms with Crippen LogP contribution in [0.2, 0.25) is 5.02 Å². The lowest BCUT2D eigenvalue weighted by Crippen LogP contribution is -2.64. The number of benzene rings is 2. The zero-order valence-electron chi connectivity index (χ0n) is 21.0. The lowest BCUT2D eigenvalue weighted by Gasteiger charge is -2.52. The monoisotopic (exact) mass is 508 g/mol. The number of quaternary nitrogens is 1. The summed E-state index contributed by atoms with van der Waals surface area (Å²) in [6, 6.07) is 15.8. The molecular weight excluding hydrogens is 474 g/mol. The molecule has 4 aliphatic heterocycles. The summed E-state index contributed by atoms with van der Waals surface area (Å²) >= 11 is 6.14. The Morgan fingerprint density at radius 2 is 1.89 bits per heavy atom. The van der Waals surface area contributed by atoms with Crippen LogP contribution in [-0.4, -0.2) is 59.2 Å². The minimum Gasteiger partial charge on any atom is -0.454 e. The van der Waals surface area contributed by atoms with Crippen molar-refractivity contribution in [3.8, 4) is 0 Å². The maximum Gasteiger partial charge on any atom is 0.331 e. The average Bonchev–Trinajstić information content (AvgIpc) is 3.30. The van der Waals surface area contributed by atoms with E-state index in [1.54, 1.807) is 0 Å². The van der Waals surface area contributed by atoms with Crippen LogP contribution in [-0.2, 0) is 21.6 Å². The van der Waals surface area contributed by atoms with Gasteiger partial charge in [-0.1, -0.05) is 48.4 Å². The summed E-state index contributed by atoms with van der Waals surface area (Å²) < 4.78 is 13.4. The Hall–Kier alpha value is -2.41. The first-order valence-corrected chi connectivity index (χ1v) is 13.7. The molecule has 7 rings (SSSR count). The smallest absolute Gasteiger partial charge is 0.331 e. The van der Waals surface area contributed by atoms with Gasteiger partial charge in [0.15, 0.2) is 18.2 Å². The Bertz CT molecular complexity index is 1230. The average molecular weight is 509 g/mol. The number of halogens is 1. The summed E-state index contributed by atoms with van der Waals surface area (Å²) in [7, 11) is 0. The number of ether oxygens (including phenoxy) is 1. The summed E-state index contributed by atoms with van der Waals surface area (Å²) in [5, 5.41) is 0.651. The second-order valence-electron chi connectivity index (χ2n) is 11.1. The molecule has 4 aliphatic rings. The number of esters is 1. The number of carbonyl (C=O) groups is 1. The predicted octanol–water partition coefficient (Wildman–Crippen LogP) is 5.53. The van der Waals surface area contributed by atoms with Gasteiger partial charge in [0.25, 0.3) is 5.89 Å². The van der Waals surface area contributed by atoms with Crippen LogP contribution in [0, 0.1) is 5.92 Å². The van der Waals surface area contributed by atoms with Crippen LogP contribution in [0.25, 0.3) is 11.1 Å². The Morgan fingerprint density at radius 1 is 1.14 bits per heavy atom. The van der Waals surface area contributed by atoms with Crippen molar-refractivity contribution in [3.05, 3.63) is 65.0 Å². The zero-order chi connectivity index (χ0) is 24.8. The molecule has 3 aromatic rings. The van der Waals surface area contributed by atoms with Crippen molar-refractivity contribution >= 4 is 28.7 Å². The maximum atomic E-state index is 14.0. The molecule has 0 saturated carbocycles. The van der Waals surface area contributed by atoms with E-state index in [1.807, 2.05) is 36.4 Å². The molecule has 1 aromatic heterocycles. The maximum absolute atomic E-state index is 14.0. The van der Waals surface area contributed by atoms with Gasteiger partial charge in [0, 0.05) is 29.8 Å². The van der Waals surface area contributed by atoms with E-state index >= 15 is 0 Å². The van der Waals surface area contributed by atoms with Gasteiger partial charge in [0.1, 0.15) is 17.6 Å². The molecule has 4 saturated heterocycles. The number of carbonyl (C=O) groups excluding carboxylic acids is 1. The largest absolute Gasteiger partial charge is 0.454 e. The Labute approximate surface area is 217 Å². The number of oxazole rings is 1. The highest BCUT2D eigenvalue weighted by molar-refractivity contribution is 6.31. The van der Waals surface area contributed by atoms with Crippen LogP contribution in [0.4, 0.5) is 0 Å². The molecule has 4 fully saturated rings. The highest BCUT2D eigenvalue weighted by Gasteiger charge is 2.51. The number of aromatic nitrogens is 1. The number of rotatable bonds is 6. The molecule has 5 heterocycles. The molecule has 2 aromatic carbocycles. The lowest BCUT2D eigenvalue weighted by atomic mass is 9.82. The molecule has 7 heteroatoms. The highest BCUT2D eigenvalue weighted by atomic mass is 35.5. The van der Waals surface area contributed by atoms with Gasteiger partial charge in [-0.2, -0.15) is 0 Å². The van der Waals surface area contributed by atoms with Crippen molar-refractivity contribution in [1.29, 1.82) is 0 Å². The molecule has 36 heavy (non-hydrogen) atoms. The first-order valence-electron chi connectivity index (χ1n) is 13.4. The molecule has 0 unspecified atom stereocenters. The van der Waals surface area contributed by atoms with Crippen molar-refractivity contribution in [3.63, 3.8) is 0 Å². The number of nitrogens with zero attached hydrogens (tertiary/aromatic N) is 3. The summed E-state index contributed by atoms with van der Waals surface area (Å²) in [4.78, 5) is 21.1. The summed E-state index contributed by atoms with van der Waals surface area (Å²) in [5.41, 5.74) is 1.82. The second-order valence-corrected chi connectivity index (χ2v) is 11.6. The van der Waals surface area contributed by atoms with Gasteiger partial charge in [-0.25, -0.2) is 9.78 Å². The van der Waals surface area contributed by atoms with Crippen LogP contribution in [0.3, 0.4) is 0 Å². The normalized spacial score (nSPS) is 28.2. The standard InChI is InChI=1S/C29H35ClN3O3/c1-29(22-8-4-2-5-9-22,32-14-6-3-7-15-32)28(34)36-26-19-33(16-12-21(26)13-17-33)20-27-31-24-11-10-23(30)18-25(24)35-27/h2,4-5,8-11,18,21,26H,3,6-7,12-17,19-20H2,1H3/q+1/t21?,26-,29-,33?/m0/s1. The van der Waals surface area contributed by atoms with Gasteiger partial charge in [0.05, 0.1) is 13.1 Å². The van der Waals surface area contributed by atoms with E-state index in [9.17, 15) is 4.79 Å². The molecule has 6 nitrogen and oxygen atoms in total. The quantitative estimate of drug-likeness (QED) is 0.323. The first-order chi connectivity index (χ1) is 17.5. The third kappa shape index (κ3) is 4.33. The first kappa shape index (κ1) is 24.0. The van der Waals surface area contributed by atoms with Crippen molar-refractivity contribution < 1.29 is 18.4 Å². The van der Waals surface area contributed by atoms with E-state index in [-0.39, 0.29) is 12.1 Å². The minimum absolute atomic E-state index is 0.0772. The van der Waals surface area contributed by atoms with Gasteiger partial charge < -0.3 is 13.6 Å². The van der Waals surface area contributed by atoms with Crippen molar-refractivity contribution in [1.82, 2.24) is 9.88 Å². The Morgan fingerprint density at radius 3 is 2.64 bits per heavy atom. The summed E-state index contributed by atoms with van der Waals surface area (Å²) in [6.07, 6.45) is 5.52. The molecule has 0 radical (unpaired) electrons. The van der Waals surface area contributed by atoms with Gasteiger partial charge in [-0.3, -0.25) is 4.90 Å². The number of likely N-dealkylation sites (tertiary alicyclic amines) is 1. The Kier molecular flexibility index (Phi) is 6.30. The van der Waals surface area contributed by atoms with Gasteiger partial charge in [0.2, 0.25) is 0 Å². The van der Waals surface area contributed by atoms with E-state index in [2.05, 4.69) is 24.0 Å². The van der Waals surface area contributed by atoms with E-state index in [1.165, 1.54) is 6.42 Å². The SMILES string of the molecule is C[C@@](C(=O)O[C@H]1C[N+]2(Cc3nc4ccc(Cl)cc4o3)CCC1CC2)(c1ccccc1)N1CCCCC1. The van der Waals surface area contributed by atoms with Crippen LogP contribution < -0.4 is 0 Å². The molecule has 0 spiro atoms. The Balaban J connectivity index is 1.22. The third-order valence-corrected chi connectivity index (χ3v) is 9.12. The van der Waals surface area contributed by atoms with Gasteiger partial charge in [-0.15, -0.1) is 0 Å². The van der Waals surface area contributed by atoms with Gasteiger partial charge >= 0.3 is 5.97 Å². The van der Waals surface area contributed by atoms with E-state index in [4.69, 9.17) is 25.7 Å². The fourth-order valence-electron chi connectivity index (χ4n) is 6.66. The lowest BCUT2D eigenvalue weighted by molar-refractivity contribution is -0.959. The fraction of sp³-hybridized carbons (Fsp3) is 0.517. The third-order valence-electron chi connectivity index (χ3n) is 8.89. The molecule has 0 amide bonds. The molecule has 0 aliphatic carbocycles. The molecule has 2 bridgehead atoms. The molecule has 190 valence electrons. The van der Waals surface area contributed by atoms with E-state index < -0.39 is 5.54 Å². The minimum atomic E-state index is -0.766. The molecule has 0 N–H and O–H groups in total. The number of fused-ring (bicyclic) bond motifs is 4. The van der Waals surface area contributed by atoms with Gasteiger partial charge in [-0.05, 0) is 50.6 Å². The van der Waals surface area contributed by atoms with Crippen molar-refractivity contribution in [2.75, 3.05) is 32.7 Å². The van der Waals surface area contributed by atoms with Crippen LogP contribution in [0.1, 0.15) is 50.5 Å². The molecule has 2 atom stereocenters. The topological polar surface area (TPSA) is 55.6 Å². The van der Waals surface area contributed by atoms with Crippen molar-refractivity contribution in [2.24, 2.45) is 5.92 Å². The number of hydrogen-bond acceptors (Lipinski definition) is 5. The van der Waals surface area contributed by atoms with E-state index in [0.29, 0.717) is 10.9 Å². The predicted molar refractivity (Wildman–Crippen MR) is 139 cm³/mol. The zero-order valence-corrected chi connectivity index (χ0v) is 21.8. The number of hydrogen-bond donors (Lipinski definition) is 0. The summed E-state index contributed by atoms with van der Waals surface area (Å²) in [5.74, 6) is 1.06. The fourth-order valence-corrected chi connectivity index (χ4v) is 6.83. The highest BCUT2D eigenvalue weighted by Crippen LogP contribution is 2.40. The van der Waals surface area contributed by atoms with Crippen molar-refractivity contribution in [2.45, 2.75) is 57.2 Å². The van der Waals surface area contributed by atoms with Crippen LogP contribution in [0.15, 0.2) is 52.9 Å². The van der Waals surface area contributed by atoms with Crippen LogP contribution in [0.5, 0.6) is 0 Å². The number of piperidine rings is 4. The summed E-state index contributed by atoms with van der Waals surface area (Å²) in [6.45, 7) is 7.59. The molecular formula is C29H35ClN3O3+. The van der Waals surface area contributed by atoms with Crippen LogP contribution >= 0.6 is 11.6 Å². The second kappa shape index (κ2) is 9.47.